The molecule has 80 valence electrons. The van der Waals surface area contributed by atoms with Crippen molar-refractivity contribution < 1.29 is 17.5 Å². The first-order valence-electron chi connectivity index (χ1n) is 3.24. The third-order valence-electron chi connectivity index (χ3n) is 0.859. The van der Waals surface area contributed by atoms with E-state index in [1.807, 2.05) is 26.0 Å². The summed E-state index contributed by atoms with van der Waals surface area (Å²) in [6, 6.07) is 0. The van der Waals surface area contributed by atoms with Crippen LogP contribution in [-0.4, -0.2) is 56.6 Å². The Morgan fingerprint density at radius 2 is 1.69 bits per heavy atom. The first-order valence-corrected chi connectivity index (χ1v) is 4.63. The minimum Gasteiger partial charge on any atom is -0.359 e. The Morgan fingerprint density at radius 1 is 1.38 bits per heavy atom. The maximum absolute atomic E-state index is 8.74. The Bertz CT molecular complexity index is 239. The van der Waals surface area contributed by atoms with Gasteiger partial charge in [0, 0.05) is 28.2 Å². The lowest BCUT2D eigenvalue weighted by molar-refractivity contribution is 0.381. The van der Waals surface area contributed by atoms with Gasteiger partial charge in [0.05, 0.1) is 0 Å². The highest BCUT2D eigenvalue weighted by Gasteiger charge is 1.91. The molecule has 0 aromatic carbocycles. The van der Waals surface area contributed by atoms with E-state index in [0.717, 1.165) is 5.96 Å². The van der Waals surface area contributed by atoms with Gasteiger partial charge in [0.1, 0.15) is 0 Å². The molecule has 0 radical (unpaired) electrons. The van der Waals surface area contributed by atoms with Gasteiger partial charge in [-0.25, -0.2) is 0 Å². The topological polar surface area (TPSA) is 102 Å². The van der Waals surface area contributed by atoms with Gasteiger partial charge >= 0.3 is 10.4 Å². The normalized spacial score (nSPS) is 11.4. The highest BCUT2D eigenvalue weighted by atomic mass is 32.3. The number of hydrogen-bond donors (Lipinski definition) is 3. The molecule has 13 heavy (non-hydrogen) atoms. The quantitative estimate of drug-likeness (QED) is 0.274. The molecular weight excluding hydrogens is 198 g/mol. The molecule has 0 saturated heterocycles. The maximum Gasteiger partial charge on any atom is 0.394 e. The van der Waals surface area contributed by atoms with Crippen molar-refractivity contribution in [3.05, 3.63) is 0 Å². The molecule has 8 heteroatoms. The zero-order valence-electron chi connectivity index (χ0n) is 8.01. The second kappa shape index (κ2) is 6.63. The van der Waals surface area contributed by atoms with E-state index in [1.54, 1.807) is 7.05 Å². The molecule has 0 amide bonds. The third-order valence-corrected chi connectivity index (χ3v) is 0.859. The zero-order chi connectivity index (χ0) is 11.1. The highest BCUT2D eigenvalue weighted by Crippen LogP contribution is 1.73. The Labute approximate surface area is 78.0 Å². The fraction of sp³-hybridized carbons (Fsp3) is 0.800. The van der Waals surface area contributed by atoms with Gasteiger partial charge in [-0.3, -0.25) is 14.1 Å². The van der Waals surface area contributed by atoms with Gasteiger partial charge in [-0.15, -0.1) is 0 Å². The number of nitrogens with one attached hydrogen (secondary N) is 1. The summed E-state index contributed by atoms with van der Waals surface area (Å²) in [4.78, 5) is 5.85. The van der Waals surface area contributed by atoms with E-state index in [4.69, 9.17) is 17.5 Å². The summed E-state index contributed by atoms with van der Waals surface area (Å²) in [5.74, 6) is 0.894. The van der Waals surface area contributed by atoms with E-state index in [0.29, 0.717) is 0 Å². The fourth-order valence-corrected chi connectivity index (χ4v) is 0.535. The van der Waals surface area contributed by atoms with Gasteiger partial charge in [-0.1, -0.05) is 0 Å². The van der Waals surface area contributed by atoms with Crippen molar-refractivity contribution in [3.8, 4) is 0 Å². The molecule has 0 fully saturated rings. The summed E-state index contributed by atoms with van der Waals surface area (Å²) in [6.07, 6.45) is 0. The molecule has 0 heterocycles. The van der Waals surface area contributed by atoms with E-state index in [9.17, 15) is 0 Å². The van der Waals surface area contributed by atoms with Crippen molar-refractivity contribution in [3.63, 3.8) is 0 Å². The standard InChI is InChI=1S/C5H13N3.H2O4S/c1-6-5(7-2)8(3)4;1-5(2,3)4/h1-4H3,(H,6,7);(H2,1,2,3,4). The van der Waals surface area contributed by atoms with Crippen LogP contribution < -0.4 is 5.32 Å². The molecule has 0 rings (SSSR count). The molecule has 0 atom stereocenters. The van der Waals surface area contributed by atoms with Crippen LogP contribution in [-0.2, 0) is 10.4 Å². The summed E-state index contributed by atoms with van der Waals surface area (Å²) in [6.45, 7) is 0. The molecule has 7 nitrogen and oxygen atoms in total. The summed E-state index contributed by atoms with van der Waals surface area (Å²) in [5, 5.41) is 2.93. The van der Waals surface area contributed by atoms with Crippen LogP contribution in [0.25, 0.3) is 0 Å². The lowest BCUT2D eigenvalue weighted by Crippen LogP contribution is -2.33. The van der Waals surface area contributed by atoms with Gasteiger partial charge < -0.3 is 10.2 Å². The second-order valence-corrected chi connectivity index (χ2v) is 3.04. The predicted octanol–water partition coefficient (Wildman–Crippen LogP) is -0.900. The molecular formula is C5H15N3O4S. The number of hydrogen-bond acceptors (Lipinski definition) is 3. The molecule has 0 aliphatic rings. The molecule has 3 N–H and O–H groups in total. The maximum atomic E-state index is 8.74. The van der Waals surface area contributed by atoms with E-state index >= 15 is 0 Å². The summed E-state index contributed by atoms with van der Waals surface area (Å²) < 4.78 is 31.6. The van der Waals surface area contributed by atoms with Crippen LogP contribution in [0.1, 0.15) is 0 Å². The molecule has 0 saturated carbocycles. The molecule has 0 aliphatic carbocycles. The van der Waals surface area contributed by atoms with Gasteiger partial charge in [0.25, 0.3) is 0 Å². The molecule has 0 spiro atoms. The van der Waals surface area contributed by atoms with Crippen LogP contribution in [0.5, 0.6) is 0 Å². The van der Waals surface area contributed by atoms with Crippen LogP contribution in [0.15, 0.2) is 4.99 Å². The van der Waals surface area contributed by atoms with E-state index in [2.05, 4.69) is 10.3 Å². The van der Waals surface area contributed by atoms with Crippen LogP contribution in [0.2, 0.25) is 0 Å². The third kappa shape index (κ3) is 18.3. The molecule has 0 aliphatic heterocycles. The number of rotatable bonds is 0. The van der Waals surface area contributed by atoms with Crippen molar-refractivity contribution in [2.24, 2.45) is 4.99 Å². The summed E-state index contributed by atoms with van der Waals surface area (Å²) >= 11 is 0. The minimum absolute atomic E-state index is 0.894. The average Bonchev–Trinajstić information content (AvgIpc) is 1.85. The largest absolute Gasteiger partial charge is 0.394 e. The van der Waals surface area contributed by atoms with Gasteiger partial charge in [-0.05, 0) is 0 Å². The predicted molar refractivity (Wildman–Crippen MR) is 50.3 cm³/mol. The first-order chi connectivity index (χ1) is 5.72. The lowest BCUT2D eigenvalue weighted by atomic mass is 10.8. The van der Waals surface area contributed by atoms with Crippen LogP contribution in [0.4, 0.5) is 0 Å². The van der Waals surface area contributed by atoms with E-state index in [-0.39, 0.29) is 0 Å². The Morgan fingerprint density at radius 3 is 1.69 bits per heavy atom. The molecule has 0 bridgehead atoms. The molecule has 0 aromatic heterocycles. The van der Waals surface area contributed by atoms with Crippen LogP contribution in [0, 0.1) is 0 Å². The monoisotopic (exact) mass is 213 g/mol. The van der Waals surface area contributed by atoms with Gasteiger partial charge in [-0.2, -0.15) is 8.42 Å². The SMILES string of the molecule is C/N=C(\NC)N(C)C.O=S(=O)(O)O. The first kappa shape index (κ1) is 14.7. The van der Waals surface area contributed by atoms with Crippen molar-refractivity contribution in [1.29, 1.82) is 0 Å². The van der Waals surface area contributed by atoms with E-state index < -0.39 is 10.4 Å². The smallest absolute Gasteiger partial charge is 0.359 e. The molecule has 0 unspecified atom stereocenters. The van der Waals surface area contributed by atoms with Crippen LogP contribution in [0.3, 0.4) is 0 Å². The summed E-state index contributed by atoms with van der Waals surface area (Å²) in [7, 11) is 2.83. The van der Waals surface area contributed by atoms with Crippen molar-refractivity contribution >= 4 is 16.4 Å². The fourth-order valence-electron chi connectivity index (χ4n) is 0.535. The Kier molecular flexibility index (Phi) is 7.48. The Hall–Kier alpha value is -0.860. The average molecular weight is 213 g/mol. The van der Waals surface area contributed by atoms with Gasteiger partial charge in [0.15, 0.2) is 5.96 Å². The van der Waals surface area contributed by atoms with Crippen molar-refractivity contribution in [2.75, 3.05) is 28.2 Å². The second-order valence-electron chi connectivity index (χ2n) is 2.14. The minimum atomic E-state index is -4.67. The van der Waals surface area contributed by atoms with Crippen molar-refractivity contribution in [1.82, 2.24) is 10.2 Å². The lowest BCUT2D eigenvalue weighted by Gasteiger charge is -2.12. The Balaban J connectivity index is 0. The summed E-state index contributed by atoms with van der Waals surface area (Å²) in [5.41, 5.74) is 0. The highest BCUT2D eigenvalue weighted by molar-refractivity contribution is 7.79. The van der Waals surface area contributed by atoms with Crippen LogP contribution >= 0.6 is 0 Å². The number of nitrogens with zero attached hydrogens (tertiary/aromatic N) is 2. The molecule has 0 aromatic rings. The van der Waals surface area contributed by atoms with Crippen molar-refractivity contribution in [2.45, 2.75) is 0 Å². The number of aliphatic imine (C=N–C) groups is 1. The number of guanidine groups is 1. The van der Waals surface area contributed by atoms with E-state index in [1.165, 1.54) is 0 Å². The van der Waals surface area contributed by atoms with Gasteiger partial charge in [0.2, 0.25) is 0 Å². The zero-order valence-corrected chi connectivity index (χ0v) is 8.83.